The van der Waals surface area contributed by atoms with Crippen molar-refractivity contribution in [3.8, 4) is 0 Å². The first-order valence-electron chi connectivity index (χ1n) is 6.65. The second-order valence-corrected chi connectivity index (χ2v) is 5.13. The molecule has 1 atom stereocenters. The van der Waals surface area contributed by atoms with Crippen LogP contribution in [0.25, 0.3) is 0 Å². The predicted octanol–water partition coefficient (Wildman–Crippen LogP) is 3.28. The largest absolute Gasteiger partial charge is 0.352 e. The van der Waals surface area contributed by atoms with Crippen molar-refractivity contribution in [3.05, 3.63) is 47.0 Å². The molecule has 1 N–H and O–H groups in total. The van der Waals surface area contributed by atoms with Gasteiger partial charge in [0.2, 0.25) is 5.91 Å². The minimum absolute atomic E-state index is 0.167. The fourth-order valence-corrected chi connectivity index (χ4v) is 2.40. The molecule has 1 unspecified atom stereocenters. The van der Waals surface area contributed by atoms with Crippen LogP contribution in [0.4, 0.5) is 0 Å². The van der Waals surface area contributed by atoms with Gasteiger partial charge in [-0.15, -0.1) is 0 Å². The minimum atomic E-state index is 0.167. The van der Waals surface area contributed by atoms with E-state index in [1.807, 2.05) is 0 Å². The van der Waals surface area contributed by atoms with Gasteiger partial charge in [0, 0.05) is 12.5 Å². The molecule has 2 rings (SSSR count). The molecule has 0 saturated heterocycles. The molecule has 0 aromatic heterocycles. The molecule has 96 valence electrons. The molecule has 1 aromatic carbocycles. The molecule has 0 spiro atoms. The number of carbonyl (C=O) groups excluding carboxylic acids is 1. The number of nitrogens with one attached hydrogen (secondary N) is 1. The molecule has 0 radical (unpaired) electrons. The molecule has 0 aliphatic heterocycles. The zero-order valence-electron chi connectivity index (χ0n) is 11.2. The summed E-state index contributed by atoms with van der Waals surface area (Å²) in [5.74, 6) is 0.361. The van der Waals surface area contributed by atoms with Gasteiger partial charge in [-0.2, -0.15) is 0 Å². The maximum atomic E-state index is 12.0. The fraction of sp³-hybridized carbons (Fsp3) is 0.438. The van der Waals surface area contributed by atoms with E-state index in [1.54, 1.807) is 0 Å². The van der Waals surface area contributed by atoms with Gasteiger partial charge in [-0.3, -0.25) is 4.79 Å². The highest BCUT2D eigenvalue weighted by molar-refractivity contribution is 5.79. The van der Waals surface area contributed by atoms with E-state index in [0.29, 0.717) is 6.54 Å². The molecule has 0 saturated carbocycles. The highest BCUT2D eigenvalue weighted by atomic mass is 16.1. The molecule has 1 aromatic rings. The molecule has 1 aliphatic carbocycles. The number of carbonyl (C=O) groups is 1. The topological polar surface area (TPSA) is 29.1 Å². The van der Waals surface area contributed by atoms with Gasteiger partial charge in [-0.05, 0) is 44.2 Å². The van der Waals surface area contributed by atoms with E-state index in [-0.39, 0.29) is 11.8 Å². The van der Waals surface area contributed by atoms with E-state index in [1.165, 1.54) is 16.7 Å². The Morgan fingerprint density at radius 2 is 2.17 bits per heavy atom. The highest BCUT2D eigenvalue weighted by Gasteiger charge is 2.18. The van der Waals surface area contributed by atoms with E-state index < -0.39 is 0 Å². The van der Waals surface area contributed by atoms with Gasteiger partial charge in [-0.25, -0.2) is 0 Å². The lowest BCUT2D eigenvalue weighted by atomic mass is 9.93. The highest BCUT2D eigenvalue weighted by Crippen LogP contribution is 2.18. The summed E-state index contributed by atoms with van der Waals surface area (Å²) < 4.78 is 0. The molecule has 18 heavy (non-hydrogen) atoms. The van der Waals surface area contributed by atoms with Crippen LogP contribution in [0.2, 0.25) is 0 Å². The third-order valence-electron chi connectivity index (χ3n) is 3.59. The van der Waals surface area contributed by atoms with Crippen LogP contribution in [0.1, 0.15) is 36.0 Å². The van der Waals surface area contributed by atoms with Crippen LogP contribution < -0.4 is 5.32 Å². The van der Waals surface area contributed by atoms with Gasteiger partial charge >= 0.3 is 0 Å². The van der Waals surface area contributed by atoms with E-state index >= 15 is 0 Å². The number of rotatable bonds is 3. The summed E-state index contributed by atoms with van der Waals surface area (Å²) in [6.45, 7) is 4.83. The monoisotopic (exact) mass is 243 g/mol. The summed E-state index contributed by atoms with van der Waals surface area (Å²) in [6, 6.07) is 6.36. The maximum Gasteiger partial charge on any atom is 0.223 e. The van der Waals surface area contributed by atoms with E-state index in [9.17, 15) is 4.79 Å². The third-order valence-corrected chi connectivity index (χ3v) is 3.59. The Balaban J connectivity index is 1.90. The van der Waals surface area contributed by atoms with Crippen LogP contribution in [-0.4, -0.2) is 5.91 Å². The number of amides is 1. The SMILES string of the molecule is Cc1ccc(CNC(=O)C2CC=CCC2)c(C)c1. The Bertz CT molecular complexity index is 462. The van der Waals surface area contributed by atoms with Gasteiger partial charge in [-0.1, -0.05) is 35.9 Å². The number of aryl methyl sites for hydroxylation is 2. The lowest BCUT2D eigenvalue weighted by molar-refractivity contribution is -0.125. The van der Waals surface area contributed by atoms with Crippen molar-refractivity contribution in [1.82, 2.24) is 5.32 Å². The fourth-order valence-electron chi connectivity index (χ4n) is 2.40. The van der Waals surface area contributed by atoms with Crippen LogP contribution >= 0.6 is 0 Å². The Hall–Kier alpha value is -1.57. The van der Waals surface area contributed by atoms with Crippen molar-refractivity contribution in [2.75, 3.05) is 0 Å². The van der Waals surface area contributed by atoms with Crippen molar-refractivity contribution in [2.24, 2.45) is 5.92 Å². The van der Waals surface area contributed by atoms with Crippen LogP contribution in [0, 0.1) is 19.8 Å². The summed E-state index contributed by atoms with van der Waals surface area (Å²) in [5, 5.41) is 3.06. The zero-order valence-corrected chi connectivity index (χ0v) is 11.2. The lowest BCUT2D eigenvalue weighted by Gasteiger charge is -2.17. The Labute approximate surface area is 109 Å². The van der Waals surface area contributed by atoms with Crippen molar-refractivity contribution >= 4 is 5.91 Å². The lowest BCUT2D eigenvalue weighted by Crippen LogP contribution is -2.30. The van der Waals surface area contributed by atoms with Gasteiger partial charge < -0.3 is 5.32 Å². The summed E-state index contributed by atoms with van der Waals surface area (Å²) in [6.07, 6.45) is 7.17. The Kier molecular flexibility index (Phi) is 4.19. The van der Waals surface area contributed by atoms with Crippen LogP contribution in [-0.2, 0) is 11.3 Å². The molecule has 0 bridgehead atoms. The molecule has 2 nitrogen and oxygen atoms in total. The van der Waals surface area contributed by atoms with E-state index in [0.717, 1.165) is 19.3 Å². The number of allylic oxidation sites excluding steroid dienone is 2. The third kappa shape index (κ3) is 3.22. The number of hydrogen-bond donors (Lipinski definition) is 1. The number of benzene rings is 1. The first-order valence-corrected chi connectivity index (χ1v) is 6.65. The van der Waals surface area contributed by atoms with Gasteiger partial charge in [0.1, 0.15) is 0 Å². The second kappa shape index (κ2) is 5.85. The normalized spacial score (nSPS) is 18.7. The van der Waals surface area contributed by atoms with Crippen LogP contribution in [0.3, 0.4) is 0 Å². The molecule has 2 heteroatoms. The van der Waals surface area contributed by atoms with Crippen molar-refractivity contribution in [1.29, 1.82) is 0 Å². The number of hydrogen-bond acceptors (Lipinski definition) is 1. The average molecular weight is 243 g/mol. The molecular formula is C16H21NO. The summed E-state index contributed by atoms with van der Waals surface area (Å²) in [5.41, 5.74) is 3.72. The van der Waals surface area contributed by atoms with Crippen molar-refractivity contribution in [2.45, 2.75) is 39.7 Å². The molecular weight excluding hydrogens is 222 g/mol. The summed E-state index contributed by atoms with van der Waals surface area (Å²) in [7, 11) is 0. The zero-order chi connectivity index (χ0) is 13.0. The minimum Gasteiger partial charge on any atom is -0.352 e. The quantitative estimate of drug-likeness (QED) is 0.811. The van der Waals surface area contributed by atoms with E-state index in [2.05, 4.69) is 49.5 Å². The first kappa shape index (κ1) is 12.9. The van der Waals surface area contributed by atoms with Gasteiger partial charge in [0.15, 0.2) is 0 Å². The summed E-state index contributed by atoms with van der Waals surface area (Å²) in [4.78, 5) is 12.0. The predicted molar refractivity (Wildman–Crippen MR) is 74.2 cm³/mol. The van der Waals surface area contributed by atoms with Crippen molar-refractivity contribution < 1.29 is 4.79 Å². The first-order chi connectivity index (χ1) is 8.66. The molecule has 0 heterocycles. The van der Waals surface area contributed by atoms with Crippen molar-refractivity contribution in [3.63, 3.8) is 0 Å². The van der Waals surface area contributed by atoms with Crippen LogP contribution in [0.15, 0.2) is 30.4 Å². The smallest absolute Gasteiger partial charge is 0.223 e. The Morgan fingerprint density at radius 3 is 2.83 bits per heavy atom. The van der Waals surface area contributed by atoms with E-state index in [4.69, 9.17) is 0 Å². The maximum absolute atomic E-state index is 12.0. The molecule has 1 amide bonds. The average Bonchev–Trinajstić information content (AvgIpc) is 2.38. The Morgan fingerprint density at radius 1 is 1.33 bits per heavy atom. The van der Waals surface area contributed by atoms with Gasteiger partial charge in [0.25, 0.3) is 0 Å². The standard InChI is InChI=1S/C16H21NO/c1-12-8-9-15(13(2)10-12)11-17-16(18)14-6-4-3-5-7-14/h3-4,8-10,14H,5-7,11H2,1-2H3,(H,17,18). The summed E-state index contributed by atoms with van der Waals surface area (Å²) >= 11 is 0. The van der Waals surface area contributed by atoms with Gasteiger partial charge in [0.05, 0.1) is 0 Å². The molecule has 1 aliphatic rings. The molecule has 0 fully saturated rings. The van der Waals surface area contributed by atoms with Crippen LogP contribution in [0.5, 0.6) is 0 Å². The second-order valence-electron chi connectivity index (χ2n) is 5.13.